The number of rotatable bonds is 6. The Morgan fingerprint density at radius 3 is 2.73 bits per heavy atom. The Morgan fingerprint density at radius 1 is 1.23 bits per heavy atom. The molecule has 2 aromatic rings. The molecule has 5 nitrogen and oxygen atoms in total. The van der Waals surface area contributed by atoms with Crippen LogP contribution < -0.4 is 10.2 Å². The fourth-order valence-electron chi connectivity index (χ4n) is 3.20. The molecule has 0 bridgehead atoms. The van der Waals surface area contributed by atoms with Crippen LogP contribution in [0.2, 0.25) is 0 Å². The van der Waals surface area contributed by atoms with Gasteiger partial charge in [-0.3, -0.25) is 0 Å². The summed E-state index contributed by atoms with van der Waals surface area (Å²) >= 11 is 3.57. The third-order valence-corrected chi connectivity index (χ3v) is 5.44. The van der Waals surface area contributed by atoms with Gasteiger partial charge in [-0.05, 0) is 42.0 Å². The van der Waals surface area contributed by atoms with Crippen molar-refractivity contribution in [2.24, 2.45) is 5.92 Å². The maximum Gasteiger partial charge on any atom is 0.225 e. The maximum atomic E-state index is 9.60. The maximum absolute atomic E-state index is 9.60. The lowest BCUT2D eigenvalue weighted by Crippen LogP contribution is -2.33. The van der Waals surface area contributed by atoms with E-state index in [1.807, 2.05) is 0 Å². The van der Waals surface area contributed by atoms with Crippen LogP contribution in [0.15, 0.2) is 28.7 Å². The molecule has 0 saturated carbocycles. The number of nitrogens with zero attached hydrogens (tertiary/aromatic N) is 3. The molecule has 0 unspecified atom stereocenters. The highest BCUT2D eigenvalue weighted by Gasteiger charge is 2.20. The Labute approximate surface area is 164 Å². The third-order valence-electron chi connectivity index (χ3n) is 4.95. The van der Waals surface area contributed by atoms with Crippen LogP contribution in [-0.2, 0) is 19.4 Å². The first kappa shape index (κ1) is 19.1. The Balaban J connectivity index is 1.86. The van der Waals surface area contributed by atoms with E-state index in [0.717, 1.165) is 41.9 Å². The number of fused-ring (bicyclic) bond motifs is 1. The highest BCUT2D eigenvalue weighted by Crippen LogP contribution is 2.27. The number of aryl methyl sites for hydroxylation is 1. The highest BCUT2D eigenvalue weighted by molar-refractivity contribution is 9.10. The molecule has 0 amide bonds. The lowest BCUT2D eigenvalue weighted by molar-refractivity contribution is 0.248. The number of aromatic nitrogens is 2. The summed E-state index contributed by atoms with van der Waals surface area (Å²) in [6.45, 7) is 8.13. The minimum atomic E-state index is -0.0482. The molecular formula is C20H27BrN4O. The summed E-state index contributed by atoms with van der Waals surface area (Å²) in [7, 11) is 0. The number of halogens is 1. The summed E-state index contributed by atoms with van der Waals surface area (Å²) in [5, 5.41) is 12.9. The van der Waals surface area contributed by atoms with Crippen LogP contribution in [0.3, 0.4) is 0 Å². The highest BCUT2D eigenvalue weighted by atomic mass is 79.9. The van der Waals surface area contributed by atoms with Gasteiger partial charge in [-0.15, -0.1) is 0 Å². The second kappa shape index (κ2) is 8.35. The van der Waals surface area contributed by atoms with Gasteiger partial charge in [-0.25, -0.2) is 4.98 Å². The van der Waals surface area contributed by atoms with Crippen LogP contribution in [0.4, 0.5) is 11.8 Å². The predicted octanol–water partition coefficient (Wildman–Crippen LogP) is 3.79. The van der Waals surface area contributed by atoms with E-state index in [2.05, 4.69) is 76.2 Å². The zero-order chi connectivity index (χ0) is 18.7. The minimum absolute atomic E-state index is 0.0482. The largest absolute Gasteiger partial charge is 0.394 e. The molecule has 1 aromatic carbocycles. The Hall–Kier alpha value is -1.66. The average Bonchev–Trinajstić information content (AvgIpc) is 2.64. The molecule has 0 radical (unpaired) electrons. The van der Waals surface area contributed by atoms with E-state index in [-0.39, 0.29) is 12.6 Å². The SMILES string of the molecule is CCc1cc(N2CCc3ccc(Br)cc3C2)nc(N[C@H](CO)C(C)C)n1. The van der Waals surface area contributed by atoms with E-state index in [1.54, 1.807) is 0 Å². The second-order valence-electron chi connectivity index (χ2n) is 7.16. The predicted molar refractivity (Wildman–Crippen MR) is 110 cm³/mol. The van der Waals surface area contributed by atoms with Crippen LogP contribution in [0.1, 0.15) is 37.6 Å². The van der Waals surface area contributed by atoms with Gasteiger partial charge < -0.3 is 15.3 Å². The quantitative estimate of drug-likeness (QED) is 0.746. The molecule has 0 spiro atoms. The van der Waals surface area contributed by atoms with Gasteiger partial charge in [0.25, 0.3) is 0 Å². The van der Waals surface area contributed by atoms with Gasteiger partial charge in [0, 0.05) is 29.3 Å². The molecule has 26 heavy (non-hydrogen) atoms. The van der Waals surface area contributed by atoms with E-state index in [9.17, 15) is 5.11 Å². The van der Waals surface area contributed by atoms with Gasteiger partial charge in [0.2, 0.25) is 5.95 Å². The molecule has 140 valence electrons. The number of benzene rings is 1. The normalized spacial score (nSPS) is 15.1. The summed E-state index contributed by atoms with van der Waals surface area (Å²) in [6.07, 6.45) is 1.87. The minimum Gasteiger partial charge on any atom is -0.394 e. The molecular weight excluding hydrogens is 392 g/mol. The van der Waals surface area contributed by atoms with Crippen molar-refractivity contribution >= 4 is 27.7 Å². The molecule has 1 atom stereocenters. The smallest absolute Gasteiger partial charge is 0.225 e. The number of aliphatic hydroxyl groups is 1. The van der Waals surface area contributed by atoms with Gasteiger partial charge in [0.15, 0.2) is 0 Å². The van der Waals surface area contributed by atoms with E-state index in [4.69, 9.17) is 4.98 Å². The molecule has 1 aromatic heterocycles. The van der Waals surface area contributed by atoms with Crippen molar-refractivity contribution in [2.75, 3.05) is 23.4 Å². The van der Waals surface area contributed by atoms with Crippen LogP contribution in [0, 0.1) is 5.92 Å². The lowest BCUT2D eigenvalue weighted by atomic mass is 10.00. The fourth-order valence-corrected chi connectivity index (χ4v) is 3.61. The molecule has 1 aliphatic heterocycles. The van der Waals surface area contributed by atoms with Gasteiger partial charge in [0.05, 0.1) is 12.6 Å². The van der Waals surface area contributed by atoms with Crippen molar-refractivity contribution in [3.05, 3.63) is 45.6 Å². The lowest BCUT2D eigenvalue weighted by Gasteiger charge is -2.30. The van der Waals surface area contributed by atoms with Gasteiger partial charge in [0.1, 0.15) is 5.82 Å². The summed E-state index contributed by atoms with van der Waals surface area (Å²) in [5.41, 5.74) is 3.76. The molecule has 1 aliphatic rings. The van der Waals surface area contributed by atoms with Crippen molar-refractivity contribution in [1.29, 1.82) is 0 Å². The van der Waals surface area contributed by atoms with Crippen molar-refractivity contribution < 1.29 is 5.11 Å². The first-order valence-electron chi connectivity index (χ1n) is 9.27. The molecule has 3 rings (SSSR count). The Kier molecular flexibility index (Phi) is 6.14. The van der Waals surface area contributed by atoms with Crippen LogP contribution in [0.5, 0.6) is 0 Å². The summed E-state index contributed by atoms with van der Waals surface area (Å²) in [4.78, 5) is 11.7. The number of hydrogen-bond acceptors (Lipinski definition) is 5. The standard InChI is InChI=1S/C20H27BrN4O/c1-4-17-10-19(24-20(22-17)23-18(12-26)13(2)3)25-8-7-14-5-6-16(21)9-15(14)11-25/h5-6,9-10,13,18,26H,4,7-8,11-12H2,1-3H3,(H,22,23,24)/t18-/m1/s1. The van der Waals surface area contributed by atoms with Gasteiger partial charge >= 0.3 is 0 Å². The number of nitrogens with one attached hydrogen (secondary N) is 1. The van der Waals surface area contributed by atoms with E-state index >= 15 is 0 Å². The molecule has 0 fully saturated rings. The Morgan fingerprint density at radius 2 is 2.04 bits per heavy atom. The van der Waals surface area contributed by atoms with Gasteiger partial charge in [-0.1, -0.05) is 42.8 Å². The Bertz CT molecular complexity index is 765. The number of aliphatic hydroxyl groups excluding tert-OH is 1. The third kappa shape index (κ3) is 4.35. The first-order chi connectivity index (χ1) is 12.5. The zero-order valence-corrected chi connectivity index (χ0v) is 17.3. The first-order valence-corrected chi connectivity index (χ1v) is 10.1. The topological polar surface area (TPSA) is 61.3 Å². The second-order valence-corrected chi connectivity index (χ2v) is 8.07. The van der Waals surface area contributed by atoms with Crippen molar-refractivity contribution in [2.45, 2.75) is 46.2 Å². The van der Waals surface area contributed by atoms with E-state index in [0.29, 0.717) is 11.9 Å². The summed E-state index contributed by atoms with van der Waals surface area (Å²) < 4.78 is 1.11. The number of anilines is 2. The molecule has 0 aliphatic carbocycles. The van der Waals surface area contributed by atoms with E-state index < -0.39 is 0 Å². The van der Waals surface area contributed by atoms with Crippen molar-refractivity contribution in [1.82, 2.24) is 9.97 Å². The molecule has 2 heterocycles. The molecule has 0 saturated heterocycles. The van der Waals surface area contributed by atoms with Crippen molar-refractivity contribution in [3.63, 3.8) is 0 Å². The van der Waals surface area contributed by atoms with Crippen LogP contribution >= 0.6 is 15.9 Å². The summed E-state index contributed by atoms with van der Waals surface area (Å²) in [5.74, 6) is 1.86. The average molecular weight is 419 g/mol. The molecule has 6 heteroatoms. The van der Waals surface area contributed by atoms with Crippen molar-refractivity contribution in [3.8, 4) is 0 Å². The zero-order valence-electron chi connectivity index (χ0n) is 15.7. The van der Waals surface area contributed by atoms with Crippen LogP contribution in [-0.4, -0.2) is 34.3 Å². The van der Waals surface area contributed by atoms with Crippen LogP contribution in [0.25, 0.3) is 0 Å². The van der Waals surface area contributed by atoms with Gasteiger partial charge in [-0.2, -0.15) is 4.98 Å². The number of hydrogen-bond donors (Lipinski definition) is 2. The summed E-state index contributed by atoms with van der Waals surface area (Å²) in [6, 6.07) is 8.54. The fraction of sp³-hybridized carbons (Fsp3) is 0.500. The van der Waals surface area contributed by atoms with E-state index in [1.165, 1.54) is 11.1 Å². The molecule has 2 N–H and O–H groups in total. The monoisotopic (exact) mass is 418 g/mol.